The van der Waals surface area contributed by atoms with Crippen LogP contribution in [-0.4, -0.2) is 9.13 Å². The largest absolute Gasteiger partial charge is 0.344 e. The molecule has 0 spiro atoms. The number of rotatable bonds is 0. The molecule has 6 heteroatoms. The van der Waals surface area contributed by atoms with E-state index in [0.29, 0.717) is 0 Å². The van der Waals surface area contributed by atoms with E-state index in [9.17, 15) is 0 Å². The van der Waals surface area contributed by atoms with Crippen molar-refractivity contribution < 1.29 is 0 Å². The SMILES string of the molecule is Cc1ccc2c(c1)sc1ccccc12.Cc1ccc2sc3ccccc3c2c1.Cc1cccc2c1sc1ccccc12.Cc1cccc2sc3ccccc3c12.Cc1ccccc1.Cc1ccccc1.Cc1ccccc1.Cc1ccccc1.Cc1ccccc1.Cn1c2ccccc2c2ccccc21.Cn1c2ccccc2c2ccccc21. The van der Waals surface area contributed by atoms with Crippen LogP contribution in [0.5, 0.6) is 0 Å². The Morgan fingerprint density at radius 1 is 0.160 bits per heavy atom. The Morgan fingerprint density at radius 2 is 0.420 bits per heavy atom. The molecular weight excluding hydrogens is 1510 g/mol. The van der Waals surface area contributed by atoms with E-state index in [0.717, 1.165) is 0 Å². The van der Waals surface area contributed by atoms with Crippen molar-refractivity contribution in [1.82, 2.24) is 9.13 Å². The molecular formula is C113H102N2S4. The molecule has 6 aromatic heterocycles. The standard InChI is InChI=1S/2C13H11N.4C13H10S.5C7H8/c2*1-14-12-8-4-2-6-10(12)11-7-3-5-9-13(11)14;1-9-5-4-7-11-10-6-2-3-8-12(10)14-13(9)11;1-9-5-4-8-12-13(9)10-6-2-3-7-11(10)14-12;1-9-6-7-13-11(8-9)10-4-2-3-5-12(10)14-13;1-9-6-7-11-10-4-2-3-5-12(10)14-13(11)8-9;5*1-7-5-3-2-4-6-7/h2*2-9H,1H3;4*2-8H,1H3;5*2-6H,1H3. The first-order valence-corrected chi connectivity index (χ1v) is 43.8. The van der Waals surface area contributed by atoms with E-state index >= 15 is 0 Å². The van der Waals surface area contributed by atoms with Gasteiger partial charge in [-0.2, -0.15) is 0 Å². The van der Waals surface area contributed by atoms with Gasteiger partial charge in [0.15, 0.2) is 0 Å². The summed E-state index contributed by atoms with van der Waals surface area (Å²) in [6, 6.07) is 146. The van der Waals surface area contributed by atoms with E-state index in [1.54, 1.807) is 0 Å². The molecule has 0 aliphatic heterocycles. The van der Waals surface area contributed by atoms with Crippen molar-refractivity contribution in [3.63, 3.8) is 0 Å². The Morgan fingerprint density at radius 3 is 0.824 bits per heavy atom. The fourth-order valence-corrected chi connectivity index (χ4v) is 19.1. The molecule has 0 atom stereocenters. The summed E-state index contributed by atoms with van der Waals surface area (Å²) >= 11 is 7.51. The molecule has 2 nitrogen and oxygen atoms in total. The first-order valence-electron chi connectivity index (χ1n) is 40.6. The average molecular weight is 1620 g/mol. The van der Waals surface area contributed by atoms with Gasteiger partial charge >= 0.3 is 0 Å². The highest BCUT2D eigenvalue weighted by Gasteiger charge is 2.10. The van der Waals surface area contributed by atoms with Crippen LogP contribution < -0.4 is 0 Å². The van der Waals surface area contributed by atoms with E-state index in [1.165, 1.54) is 174 Å². The van der Waals surface area contributed by atoms with Crippen molar-refractivity contribution >= 4 is 170 Å². The van der Waals surface area contributed by atoms with Gasteiger partial charge in [-0.15, -0.1) is 45.3 Å². The zero-order valence-electron chi connectivity index (χ0n) is 69.9. The maximum atomic E-state index is 2.27. The fourth-order valence-electron chi connectivity index (χ4n) is 14.4. The molecule has 0 aliphatic carbocycles. The van der Waals surface area contributed by atoms with Crippen LogP contribution in [0.4, 0.5) is 0 Å². The molecule has 0 fully saturated rings. The summed E-state index contributed by atoms with van der Waals surface area (Å²) in [7, 11) is 4.23. The predicted octanol–water partition coefficient (Wildman–Crippen LogP) is 34.1. The molecule has 6 heterocycles. The van der Waals surface area contributed by atoms with Gasteiger partial charge in [-0.1, -0.05) is 379 Å². The Labute approximate surface area is 718 Å². The van der Waals surface area contributed by atoms with Gasteiger partial charge in [0.05, 0.1) is 0 Å². The molecule has 588 valence electrons. The van der Waals surface area contributed by atoms with Gasteiger partial charge in [-0.05, 0) is 152 Å². The summed E-state index contributed by atoms with van der Waals surface area (Å²) in [4.78, 5) is 0. The van der Waals surface area contributed by atoms with E-state index in [1.807, 2.05) is 136 Å². The van der Waals surface area contributed by atoms with Gasteiger partial charge in [-0.3, -0.25) is 0 Å². The van der Waals surface area contributed by atoms with E-state index in [4.69, 9.17) is 0 Å². The number of fused-ring (bicyclic) bond motifs is 18. The normalized spacial score (nSPS) is 10.5. The minimum absolute atomic E-state index is 1.30. The topological polar surface area (TPSA) is 9.86 Å². The maximum Gasteiger partial charge on any atom is 0.0488 e. The van der Waals surface area contributed by atoms with E-state index < -0.39 is 0 Å². The molecule has 119 heavy (non-hydrogen) atoms. The second kappa shape index (κ2) is 41.9. The van der Waals surface area contributed by atoms with Crippen molar-refractivity contribution in [3.05, 3.63) is 469 Å². The lowest BCUT2D eigenvalue weighted by Crippen LogP contribution is -1.84. The van der Waals surface area contributed by atoms with Crippen molar-refractivity contribution in [2.24, 2.45) is 14.1 Å². The fraction of sp³-hybridized carbons (Fsp3) is 0.0973. The molecule has 23 rings (SSSR count). The molecule has 0 radical (unpaired) electrons. The highest BCUT2D eigenvalue weighted by atomic mass is 32.1. The van der Waals surface area contributed by atoms with Gasteiger partial charge in [0.25, 0.3) is 0 Å². The third-order valence-electron chi connectivity index (χ3n) is 20.6. The van der Waals surface area contributed by atoms with E-state index in [-0.39, 0.29) is 0 Å². The number of para-hydroxylation sites is 4. The lowest BCUT2D eigenvalue weighted by Gasteiger charge is -1.95. The quantitative estimate of drug-likeness (QED) is 0.143. The molecule has 0 amide bonds. The number of hydrogen-bond donors (Lipinski definition) is 0. The van der Waals surface area contributed by atoms with Crippen LogP contribution in [0, 0.1) is 62.3 Å². The van der Waals surface area contributed by atoms with Crippen LogP contribution in [0.1, 0.15) is 50.1 Å². The molecule has 17 aromatic carbocycles. The number of aromatic nitrogens is 2. The summed E-state index contributed by atoms with van der Waals surface area (Å²) < 4.78 is 15.6. The molecule has 0 bridgehead atoms. The molecule has 0 N–H and O–H groups in total. The first kappa shape index (κ1) is 84.1. The highest BCUT2D eigenvalue weighted by Crippen LogP contribution is 2.39. The number of hydrogen-bond acceptors (Lipinski definition) is 4. The third kappa shape index (κ3) is 22.1. The Balaban J connectivity index is 0.000000115. The maximum absolute atomic E-state index is 2.27. The number of thiophene rings is 4. The Hall–Kier alpha value is -12.8. The van der Waals surface area contributed by atoms with Crippen LogP contribution in [0.3, 0.4) is 0 Å². The molecule has 0 saturated heterocycles. The minimum atomic E-state index is 1.30. The van der Waals surface area contributed by atoms with Gasteiger partial charge in [-0.25, -0.2) is 0 Å². The molecule has 0 unspecified atom stereocenters. The van der Waals surface area contributed by atoms with Crippen LogP contribution in [0.25, 0.3) is 124 Å². The van der Waals surface area contributed by atoms with Gasteiger partial charge in [0, 0.05) is 138 Å². The van der Waals surface area contributed by atoms with Crippen molar-refractivity contribution in [2.75, 3.05) is 0 Å². The Bertz CT molecular complexity index is 6620. The first-order chi connectivity index (χ1) is 58.1. The van der Waals surface area contributed by atoms with Crippen molar-refractivity contribution in [2.45, 2.75) is 62.3 Å². The molecule has 0 saturated carbocycles. The van der Waals surface area contributed by atoms with Crippen LogP contribution >= 0.6 is 45.3 Å². The van der Waals surface area contributed by atoms with Gasteiger partial charge in [0.1, 0.15) is 0 Å². The zero-order chi connectivity index (χ0) is 82.8. The highest BCUT2D eigenvalue weighted by molar-refractivity contribution is 7.27. The lowest BCUT2D eigenvalue weighted by atomic mass is 10.1. The number of aryl methyl sites for hydroxylation is 11. The third-order valence-corrected chi connectivity index (χ3v) is 25.4. The van der Waals surface area contributed by atoms with Crippen molar-refractivity contribution in [3.8, 4) is 0 Å². The zero-order valence-corrected chi connectivity index (χ0v) is 73.1. The van der Waals surface area contributed by atoms with Crippen LogP contribution in [-0.2, 0) is 14.1 Å². The smallest absolute Gasteiger partial charge is 0.0488 e. The second-order valence-electron chi connectivity index (χ2n) is 29.8. The van der Waals surface area contributed by atoms with Crippen molar-refractivity contribution in [1.29, 1.82) is 0 Å². The van der Waals surface area contributed by atoms with Gasteiger partial charge < -0.3 is 9.13 Å². The van der Waals surface area contributed by atoms with Gasteiger partial charge in [0.2, 0.25) is 0 Å². The van der Waals surface area contributed by atoms with E-state index in [2.05, 4.69) is 413 Å². The minimum Gasteiger partial charge on any atom is -0.344 e. The number of benzene rings is 17. The summed E-state index contributed by atoms with van der Waals surface area (Å²) in [5, 5.41) is 16.5. The number of nitrogens with zero attached hydrogens (tertiary/aromatic N) is 2. The Kier molecular flexibility index (Phi) is 29.6. The average Bonchev–Trinajstić information content (AvgIpc) is 1.74. The second-order valence-corrected chi connectivity index (χ2v) is 34.1. The molecule has 0 aliphatic rings. The summed E-state index contributed by atoms with van der Waals surface area (Å²) in [5.41, 5.74) is 17.2. The summed E-state index contributed by atoms with van der Waals surface area (Å²) in [5.74, 6) is 0. The molecule has 23 aromatic rings. The monoisotopic (exact) mass is 1610 g/mol. The summed E-state index contributed by atoms with van der Waals surface area (Å²) in [6.45, 7) is 19.1. The predicted molar refractivity (Wildman–Crippen MR) is 533 cm³/mol. The lowest BCUT2D eigenvalue weighted by molar-refractivity contribution is 1.01. The van der Waals surface area contributed by atoms with Crippen LogP contribution in [0.15, 0.2) is 419 Å². The van der Waals surface area contributed by atoms with Crippen LogP contribution in [0.2, 0.25) is 0 Å². The summed E-state index contributed by atoms with van der Waals surface area (Å²) in [6.07, 6.45) is 0.